The molecule has 0 aliphatic carbocycles. The Kier molecular flexibility index (Phi) is 7.52. The zero-order valence-corrected chi connectivity index (χ0v) is 20.3. The average Bonchev–Trinajstić information content (AvgIpc) is 3.28. The highest BCUT2D eigenvalue weighted by atomic mass is 79.9. The molecule has 1 amide bonds. The van der Waals surface area contributed by atoms with Gasteiger partial charge >= 0.3 is 5.13 Å². The number of aromatic nitrogens is 1. The van der Waals surface area contributed by atoms with Gasteiger partial charge in [-0.1, -0.05) is 53.3 Å². The number of allylic oxidation sites excluding steroid dienone is 1. The number of carbonyl (C=O) groups excluding carboxylic acids is 1. The van der Waals surface area contributed by atoms with Crippen LogP contribution in [0.3, 0.4) is 0 Å². The van der Waals surface area contributed by atoms with E-state index in [0.29, 0.717) is 22.5 Å². The summed E-state index contributed by atoms with van der Waals surface area (Å²) in [5.41, 5.74) is 4.10. The van der Waals surface area contributed by atoms with Crippen LogP contribution in [0.4, 0.5) is 10.8 Å². The van der Waals surface area contributed by atoms with Crippen LogP contribution in [0.25, 0.3) is 11.3 Å². The van der Waals surface area contributed by atoms with Gasteiger partial charge in [0.1, 0.15) is 12.2 Å². The summed E-state index contributed by atoms with van der Waals surface area (Å²) in [5, 5.41) is 4.30. The van der Waals surface area contributed by atoms with E-state index in [0.717, 1.165) is 27.6 Å². The normalized spacial score (nSPS) is 14.8. The third-order valence-corrected chi connectivity index (χ3v) is 6.54. The van der Waals surface area contributed by atoms with Crippen LogP contribution in [0.15, 0.2) is 71.6 Å². The molecule has 30 heavy (non-hydrogen) atoms. The number of carbonyl (C=O) groups is 1. The molecule has 4 rings (SSSR count). The third-order valence-electron chi connectivity index (χ3n) is 4.50. The third kappa shape index (κ3) is 4.70. The van der Waals surface area contributed by atoms with Crippen molar-refractivity contribution in [3.63, 3.8) is 0 Å². The number of aryl methyl sites for hydroxylation is 1. The van der Waals surface area contributed by atoms with Crippen LogP contribution in [0.5, 0.6) is 0 Å². The Morgan fingerprint density at radius 2 is 1.90 bits per heavy atom. The first-order valence-corrected chi connectivity index (χ1v) is 11.3. The van der Waals surface area contributed by atoms with E-state index in [1.54, 1.807) is 16.2 Å². The predicted octanol–water partition coefficient (Wildman–Crippen LogP) is 6.20. The maximum atomic E-state index is 12.5. The number of amides is 1. The van der Waals surface area contributed by atoms with Gasteiger partial charge in [0.25, 0.3) is 5.17 Å². The summed E-state index contributed by atoms with van der Waals surface area (Å²) < 4.78 is 2.10. The number of thiazole rings is 1. The number of anilines is 1. The Labute approximate surface area is 199 Å². The van der Waals surface area contributed by atoms with E-state index in [1.165, 1.54) is 11.8 Å². The monoisotopic (exact) mass is 520 g/mol. The van der Waals surface area contributed by atoms with Gasteiger partial charge in [0.05, 0.1) is 11.4 Å². The number of thioether (sulfide) groups is 1. The molecule has 2 aromatic carbocycles. The topological polar surface area (TPSA) is 36.6 Å². The van der Waals surface area contributed by atoms with Crippen LogP contribution in [-0.2, 0) is 11.3 Å². The van der Waals surface area contributed by atoms with Crippen molar-refractivity contribution in [2.24, 2.45) is 4.99 Å². The molecule has 0 radical (unpaired) electrons. The average molecular weight is 522 g/mol. The molecule has 1 fully saturated rings. The van der Waals surface area contributed by atoms with Crippen molar-refractivity contribution < 1.29 is 9.36 Å². The summed E-state index contributed by atoms with van der Waals surface area (Å²) >= 11 is 9.04. The van der Waals surface area contributed by atoms with Gasteiger partial charge in [0, 0.05) is 16.0 Å². The Hall–Kier alpha value is -1.93. The summed E-state index contributed by atoms with van der Waals surface area (Å²) in [4.78, 5) is 19.1. The van der Waals surface area contributed by atoms with Crippen LogP contribution >= 0.6 is 51.7 Å². The lowest BCUT2D eigenvalue weighted by molar-refractivity contribution is -0.658. The number of benzene rings is 2. The highest BCUT2D eigenvalue weighted by Gasteiger charge is 2.35. The van der Waals surface area contributed by atoms with Crippen LogP contribution in [0.2, 0.25) is 5.02 Å². The number of nitrogens with zero attached hydrogens (tertiary/aromatic N) is 3. The first-order valence-electron chi connectivity index (χ1n) is 9.06. The number of hydrogen-bond acceptors (Lipinski definition) is 4. The first-order chi connectivity index (χ1) is 14.1. The molecule has 1 aromatic heterocycles. The molecule has 0 bridgehead atoms. The van der Waals surface area contributed by atoms with Gasteiger partial charge in [-0.05, 0) is 60.1 Å². The van der Waals surface area contributed by atoms with Crippen molar-refractivity contribution in [2.75, 3.05) is 10.7 Å². The number of amidine groups is 1. The molecule has 0 N–H and O–H groups in total. The molecule has 2 heterocycles. The quantitative estimate of drug-likeness (QED) is 0.296. The van der Waals surface area contributed by atoms with E-state index in [9.17, 15) is 4.79 Å². The lowest BCUT2D eigenvalue weighted by Crippen LogP contribution is -2.34. The lowest BCUT2D eigenvalue weighted by Gasteiger charge is -2.13. The number of aliphatic imine (C=N–C) groups is 1. The number of rotatable bonds is 5. The highest BCUT2D eigenvalue weighted by Crippen LogP contribution is 2.31. The molecule has 3 aromatic rings. The second-order valence-corrected chi connectivity index (χ2v) is 8.77. The fraction of sp³-hybridized carbons (Fsp3) is 0.136. The minimum atomic E-state index is 0. The van der Waals surface area contributed by atoms with E-state index < -0.39 is 0 Å². The molecule has 0 atom stereocenters. The maximum absolute atomic E-state index is 12.5. The van der Waals surface area contributed by atoms with Crippen molar-refractivity contribution >= 4 is 73.6 Å². The molecular weight excluding hydrogens is 502 g/mol. The van der Waals surface area contributed by atoms with E-state index in [1.807, 2.05) is 61.5 Å². The van der Waals surface area contributed by atoms with E-state index >= 15 is 0 Å². The van der Waals surface area contributed by atoms with Crippen molar-refractivity contribution in [1.82, 2.24) is 0 Å². The van der Waals surface area contributed by atoms with Crippen LogP contribution in [-0.4, -0.2) is 16.8 Å². The van der Waals surface area contributed by atoms with Gasteiger partial charge in [0.2, 0.25) is 5.91 Å². The molecule has 154 valence electrons. The second-order valence-electron chi connectivity index (χ2n) is 6.56. The summed E-state index contributed by atoms with van der Waals surface area (Å²) in [6.07, 6.45) is 1.85. The molecule has 0 unspecified atom stereocenters. The minimum Gasteiger partial charge on any atom is -0.273 e. The second kappa shape index (κ2) is 9.92. The summed E-state index contributed by atoms with van der Waals surface area (Å²) in [6.45, 7) is 6.54. The fourth-order valence-corrected chi connectivity index (χ4v) is 5.02. The SMILES string of the molecule is Br.C=CC[n+]1c(-c2ccc(Cl)cc2)csc1/N=C1/SCC(=O)N1c1ccc(C)cc1. The van der Waals surface area contributed by atoms with Gasteiger partial charge in [-0.3, -0.25) is 4.79 Å². The zero-order chi connectivity index (χ0) is 20.4. The minimum absolute atomic E-state index is 0. The largest absolute Gasteiger partial charge is 0.385 e. The predicted molar refractivity (Wildman–Crippen MR) is 134 cm³/mol. The van der Waals surface area contributed by atoms with E-state index in [-0.39, 0.29) is 22.9 Å². The molecule has 1 aliphatic heterocycles. The molecule has 4 nitrogen and oxygen atoms in total. The molecule has 0 spiro atoms. The Bertz CT molecular complexity index is 1090. The summed E-state index contributed by atoms with van der Waals surface area (Å²) in [7, 11) is 0. The molecular formula is C22H20BrClN3OS2+. The number of halogens is 2. The van der Waals surface area contributed by atoms with E-state index in [2.05, 4.69) is 16.5 Å². The first kappa shape index (κ1) is 22.7. The Morgan fingerprint density at radius 1 is 1.20 bits per heavy atom. The Morgan fingerprint density at radius 3 is 2.57 bits per heavy atom. The van der Waals surface area contributed by atoms with Gasteiger partial charge in [-0.2, -0.15) is 0 Å². The maximum Gasteiger partial charge on any atom is 0.385 e. The van der Waals surface area contributed by atoms with Crippen LogP contribution in [0, 0.1) is 6.92 Å². The van der Waals surface area contributed by atoms with E-state index in [4.69, 9.17) is 16.6 Å². The van der Waals surface area contributed by atoms with Crippen molar-refractivity contribution in [2.45, 2.75) is 13.5 Å². The van der Waals surface area contributed by atoms with Crippen molar-refractivity contribution in [3.05, 3.63) is 77.2 Å². The van der Waals surface area contributed by atoms with Crippen molar-refractivity contribution in [1.29, 1.82) is 0 Å². The molecule has 1 aliphatic rings. The van der Waals surface area contributed by atoms with Crippen LogP contribution in [0.1, 0.15) is 5.56 Å². The van der Waals surface area contributed by atoms with Gasteiger partial charge in [0.15, 0.2) is 0 Å². The van der Waals surface area contributed by atoms with Gasteiger partial charge in [-0.15, -0.1) is 17.0 Å². The molecule has 1 saturated heterocycles. The zero-order valence-electron chi connectivity index (χ0n) is 16.2. The summed E-state index contributed by atoms with van der Waals surface area (Å²) in [6, 6.07) is 15.7. The van der Waals surface area contributed by atoms with Gasteiger partial charge in [-0.25, -0.2) is 9.47 Å². The summed E-state index contributed by atoms with van der Waals surface area (Å²) in [5.74, 6) is 0.436. The molecule has 0 saturated carbocycles. The van der Waals surface area contributed by atoms with Crippen molar-refractivity contribution in [3.8, 4) is 11.3 Å². The lowest BCUT2D eigenvalue weighted by atomic mass is 10.2. The van der Waals surface area contributed by atoms with Crippen LogP contribution < -0.4 is 9.47 Å². The highest BCUT2D eigenvalue weighted by molar-refractivity contribution is 8.93. The number of hydrogen-bond donors (Lipinski definition) is 0. The fourth-order valence-electron chi connectivity index (χ4n) is 3.05. The molecule has 8 heteroatoms. The smallest absolute Gasteiger partial charge is 0.273 e. The Balaban J connectivity index is 0.00000256. The standard InChI is InChI=1S/C22H19ClN3OS2.BrH/c1-3-12-25-19(16-6-8-17(23)9-7-16)13-28-21(25)24-22-26(20(27)14-29-22)18-10-4-15(2)5-11-18;/h3-11,13H,1,12,14H2,2H3;1H/q+1;. The van der Waals surface area contributed by atoms with Gasteiger partial charge < -0.3 is 0 Å².